The molecule has 0 aliphatic rings. The van der Waals surface area contributed by atoms with Crippen molar-refractivity contribution in [1.29, 1.82) is 5.26 Å². The van der Waals surface area contributed by atoms with E-state index < -0.39 is 0 Å². The molecule has 2 rings (SSSR count). The van der Waals surface area contributed by atoms with Crippen molar-refractivity contribution in [3.8, 4) is 6.07 Å². The van der Waals surface area contributed by atoms with Crippen molar-refractivity contribution in [2.24, 2.45) is 0 Å². The summed E-state index contributed by atoms with van der Waals surface area (Å²) >= 11 is 0. The first kappa shape index (κ1) is 12.3. The Bertz CT molecular complexity index is 560. The topological polar surface area (TPSA) is 54.5 Å². The van der Waals surface area contributed by atoms with Gasteiger partial charge in [-0.15, -0.1) is 5.10 Å². The van der Waals surface area contributed by atoms with Gasteiger partial charge in [0.05, 0.1) is 30.4 Å². The quantitative estimate of drug-likeness (QED) is 0.823. The number of aromatic nitrogens is 3. The van der Waals surface area contributed by atoms with E-state index in [1.165, 1.54) is 11.1 Å². The second-order valence-electron chi connectivity index (χ2n) is 4.31. The van der Waals surface area contributed by atoms with Crippen molar-refractivity contribution in [2.45, 2.75) is 33.2 Å². The molecule has 0 unspecified atom stereocenters. The largest absolute Gasteiger partial charge is 0.245 e. The molecule has 2 aromatic rings. The Morgan fingerprint density at radius 1 is 1.28 bits per heavy atom. The van der Waals surface area contributed by atoms with Gasteiger partial charge in [0.15, 0.2) is 0 Å². The number of rotatable bonds is 4. The Hall–Kier alpha value is -2.15. The summed E-state index contributed by atoms with van der Waals surface area (Å²) in [7, 11) is 0. The highest BCUT2D eigenvalue weighted by molar-refractivity contribution is 5.22. The van der Waals surface area contributed by atoms with Crippen LogP contribution in [0.25, 0.3) is 0 Å². The fourth-order valence-electron chi connectivity index (χ4n) is 1.96. The highest BCUT2D eigenvalue weighted by Gasteiger charge is 2.10. The van der Waals surface area contributed by atoms with Gasteiger partial charge in [-0.25, -0.2) is 4.68 Å². The lowest BCUT2D eigenvalue weighted by Crippen LogP contribution is -2.06. The van der Waals surface area contributed by atoms with E-state index in [9.17, 15) is 0 Å². The normalized spacial score (nSPS) is 10.3. The predicted molar refractivity (Wildman–Crippen MR) is 69.0 cm³/mol. The number of aryl methyl sites for hydroxylation is 1. The highest BCUT2D eigenvalue weighted by atomic mass is 15.4. The van der Waals surface area contributed by atoms with E-state index >= 15 is 0 Å². The average Bonchev–Trinajstić information content (AvgIpc) is 2.75. The third-order valence-electron chi connectivity index (χ3n) is 2.95. The smallest absolute Gasteiger partial charge is 0.0999 e. The van der Waals surface area contributed by atoms with Gasteiger partial charge in [-0.3, -0.25) is 0 Å². The molecule has 0 radical (unpaired) electrons. The van der Waals surface area contributed by atoms with Crippen LogP contribution in [-0.4, -0.2) is 15.0 Å². The lowest BCUT2D eigenvalue weighted by Gasteiger charge is -2.06. The molecule has 0 atom stereocenters. The Kier molecular flexibility index (Phi) is 3.73. The van der Waals surface area contributed by atoms with Crippen molar-refractivity contribution in [1.82, 2.24) is 15.0 Å². The zero-order valence-corrected chi connectivity index (χ0v) is 10.7. The molecule has 0 fully saturated rings. The van der Waals surface area contributed by atoms with Crippen LogP contribution < -0.4 is 0 Å². The van der Waals surface area contributed by atoms with Crippen LogP contribution in [0.1, 0.15) is 29.4 Å². The molecule has 4 heteroatoms. The Balaban J connectivity index is 2.24. The zero-order valence-electron chi connectivity index (χ0n) is 10.7. The Labute approximate surface area is 107 Å². The summed E-state index contributed by atoms with van der Waals surface area (Å²) in [4.78, 5) is 0. The molecule has 0 N–H and O–H groups in total. The monoisotopic (exact) mass is 240 g/mol. The number of benzene rings is 1. The van der Waals surface area contributed by atoms with Crippen LogP contribution >= 0.6 is 0 Å². The minimum atomic E-state index is 0.330. The number of hydrogen-bond acceptors (Lipinski definition) is 3. The van der Waals surface area contributed by atoms with Crippen LogP contribution in [0.4, 0.5) is 0 Å². The first-order valence-electron chi connectivity index (χ1n) is 6.08. The third kappa shape index (κ3) is 2.57. The zero-order chi connectivity index (χ0) is 13.0. The first-order chi connectivity index (χ1) is 8.74. The molecule has 0 saturated carbocycles. The van der Waals surface area contributed by atoms with Crippen molar-refractivity contribution in [3.63, 3.8) is 0 Å². The molecule has 0 bridgehead atoms. The second kappa shape index (κ2) is 5.46. The van der Waals surface area contributed by atoms with E-state index in [0.29, 0.717) is 13.0 Å². The molecule has 18 heavy (non-hydrogen) atoms. The maximum Gasteiger partial charge on any atom is 0.0999 e. The van der Waals surface area contributed by atoms with Gasteiger partial charge in [0.25, 0.3) is 0 Å². The predicted octanol–water partition coefficient (Wildman–Crippen LogP) is 2.26. The first-order valence-corrected chi connectivity index (χ1v) is 6.08. The summed E-state index contributed by atoms with van der Waals surface area (Å²) in [6, 6.07) is 10.5. The Morgan fingerprint density at radius 3 is 2.61 bits per heavy atom. The summed E-state index contributed by atoms with van der Waals surface area (Å²) in [6.07, 6.45) is 1.17. The molecule has 1 aromatic carbocycles. The van der Waals surface area contributed by atoms with Crippen LogP contribution in [0, 0.1) is 18.3 Å². The second-order valence-corrected chi connectivity index (χ2v) is 4.31. The third-order valence-corrected chi connectivity index (χ3v) is 2.95. The number of nitrogens with zero attached hydrogens (tertiary/aromatic N) is 4. The molecule has 92 valence electrons. The van der Waals surface area contributed by atoms with Crippen LogP contribution in [0.15, 0.2) is 24.3 Å². The molecule has 0 saturated heterocycles. The van der Waals surface area contributed by atoms with E-state index in [4.69, 9.17) is 5.26 Å². The van der Waals surface area contributed by atoms with Gasteiger partial charge in [0, 0.05) is 0 Å². The number of hydrogen-bond donors (Lipinski definition) is 0. The van der Waals surface area contributed by atoms with Crippen molar-refractivity contribution < 1.29 is 0 Å². The summed E-state index contributed by atoms with van der Waals surface area (Å²) in [5.74, 6) is 0. The molecular weight excluding hydrogens is 224 g/mol. The van der Waals surface area contributed by atoms with Gasteiger partial charge in [-0.2, -0.15) is 5.26 Å². The molecule has 0 aliphatic carbocycles. The van der Waals surface area contributed by atoms with Crippen molar-refractivity contribution in [3.05, 3.63) is 46.8 Å². The van der Waals surface area contributed by atoms with Crippen LogP contribution in [-0.2, 0) is 19.4 Å². The van der Waals surface area contributed by atoms with Gasteiger partial charge in [0.2, 0.25) is 0 Å². The molecule has 0 amide bonds. The van der Waals surface area contributed by atoms with Crippen molar-refractivity contribution >= 4 is 0 Å². The fraction of sp³-hybridized carbons (Fsp3) is 0.357. The lowest BCUT2D eigenvalue weighted by atomic mass is 10.1. The van der Waals surface area contributed by atoms with E-state index in [0.717, 1.165) is 17.8 Å². The summed E-state index contributed by atoms with van der Waals surface area (Å²) in [6.45, 7) is 4.84. The maximum atomic E-state index is 8.74. The molecule has 1 heterocycles. The Morgan fingerprint density at radius 2 is 2.00 bits per heavy atom. The van der Waals surface area contributed by atoms with Crippen molar-refractivity contribution in [2.75, 3.05) is 0 Å². The van der Waals surface area contributed by atoms with Crippen LogP contribution in [0.3, 0.4) is 0 Å². The standard InChI is InChI=1S/C14H16N4/c1-3-14-13(8-9-15)16-17-18(14)10-12-6-4-11(2)5-7-12/h4-7H,3,8,10H2,1-2H3. The molecule has 0 aliphatic heterocycles. The SMILES string of the molecule is CCc1c(CC#N)nnn1Cc1ccc(C)cc1. The summed E-state index contributed by atoms with van der Waals surface area (Å²) < 4.78 is 1.89. The van der Waals surface area contributed by atoms with E-state index in [1.807, 2.05) is 4.68 Å². The van der Waals surface area contributed by atoms with Gasteiger partial charge < -0.3 is 0 Å². The average molecular weight is 240 g/mol. The fourth-order valence-corrected chi connectivity index (χ4v) is 1.96. The van der Waals surface area contributed by atoms with E-state index in [1.54, 1.807) is 0 Å². The van der Waals surface area contributed by atoms with Crippen LogP contribution in [0.2, 0.25) is 0 Å². The van der Waals surface area contributed by atoms with Gasteiger partial charge in [-0.05, 0) is 18.9 Å². The summed E-state index contributed by atoms with van der Waals surface area (Å²) in [5, 5.41) is 17.0. The minimum Gasteiger partial charge on any atom is -0.245 e. The van der Waals surface area contributed by atoms with E-state index in [-0.39, 0.29) is 0 Å². The van der Waals surface area contributed by atoms with Gasteiger partial charge >= 0.3 is 0 Å². The maximum absolute atomic E-state index is 8.74. The highest BCUT2D eigenvalue weighted by Crippen LogP contribution is 2.11. The lowest BCUT2D eigenvalue weighted by molar-refractivity contribution is 0.622. The summed E-state index contributed by atoms with van der Waals surface area (Å²) in [5.41, 5.74) is 4.30. The molecule has 1 aromatic heterocycles. The van der Waals surface area contributed by atoms with Gasteiger partial charge in [0.1, 0.15) is 0 Å². The molecular formula is C14H16N4. The van der Waals surface area contributed by atoms with Crippen LogP contribution in [0.5, 0.6) is 0 Å². The minimum absolute atomic E-state index is 0.330. The molecule has 0 spiro atoms. The van der Waals surface area contributed by atoms with E-state index in [2.05, 4.69) is 54.5 Å². The number of nitriles is 1. The molecule has 4 nitrogen and oxygen atoms in total. The van der Waals surface area contributed by atoms with Gasteiger partial charge in [-0.1, -0.05) is 42.0 Å².